The summed E-state index contributed by atoms with van der Waals surface area (Å²) < 4.78 is 33.0. The van der Waals surface area contributed by atoms with Crippen molar-refractivity contribution in [2.45, 2.75) is 11.4 Å². The summed E-state index contributed by atoms with van der Waals surface area (Å²) in [7, 11) is -2.64. The van der Waals surface area contributed by atoms with Crippen LogP contribution < -0.4 is 5.43 Å². The fraction of sp³-hybridized carbons (Fsp3) is 0.125. The van der Waals surface area contributed by atoms with Crippen LogP contribution in [0.1, 0.15) is 21.5 Å². The number of hydrazone groups is 1. The highest BCUT2D eigenvalue weighted by Gasteiger charge is 2.26. The molecule has 10 heteroatoms. The van der Waals surface area contributed by atoms with Gasteiger partial charge >= 0.3 is 5.97 Å². The summed E-state index contributed by atoms with van der Waals surface area (Å²) in [6.45, 7) is -0.414. The summed E-state index contributed by atoms with van der Waals surface area (Å²) in [5, 5.41) is 3.89. The average molecular weight is 544 g/mol. The molecule has 1 amide bonds. The molecule has 0 aliphatic carbocycles. The lowest BCUT2D eigenvalue weighted by Gasteiger charge is -2.21. The third kappa shape index (κ3) is 6.83. The molecule has 0 bridgehead atoms. The molecular weight excluding hydrogens is 522 g/mol. The zero-order valence-corrected chi connectivity index (χ0v) is 20.6. The van der Waals surface area contributed by atoms with E-state index in [1.165, 1.54) is 25.5 Å². The molecular formula is C24H22BrN3O5S. The number of methoxy groups -OCH3 is 1. The van der Waals surface area contributed by atoms with Gasteiger partial charge in [0.25, 0.3) is 5.91 Å². The van der Waals surface area contributed by atoms with Crippen molar-refractivity contribution in [3.05, 3.63) is 100 Å². The summed E-state index contributed by atoms with van der Waals surface area (Å²) >= 11 is 3.36. The van der Waals surface area contributed by atoms with Crippen LogP contribution in [0.25, 0.3) is 0 Å². The predicted molar refractivity (Wildman–Crippen MR) is 132 cm³/mol. The van der Waals surface area contributed by atoms with E-state index in [1.54, 1.807) is 66.7 Å². The molecule has 0 spiro atoms. The molecule has 3 rings (SSSR count). The normalized spacial score (nSPS) is 11.5. The summed E-state index contributed by atoms with van der Waals surface area (Å²) in [6.07, 6.45) is 1.39. The fourth-order valence-corrected chi connectivity index (χ4v) is 4.63. The van der Waals surface area contributed by atoms with Gasteiger partial charge in [0.2, 0.25) is 10.0 Å². The number of amides is 1. The van der Waals surface area contributed by atoms with Gasteiger partial charge in [-0.05, 0) is 47.5 Å². The molecule has 0 aromatic heterocycles. The van der Waals surface area contributed by atoms with Crippen molar-refractivity contribution in [1.82, 2.24) is 9.73 Å². The van der Waals surface area contributed by atoms with Gasteiger partial charge in [-0.2, -0.15) is 9.41 Å². The van der Waals surface area contributed by atoms with Crippen LogP contribution >= 0.6 is 15.9 Å². The molecule has 3 aromatic carbocycles. The zero-order valence-electron chi connectivity index (χ0n) is 18.2. The topological polar surface area (TPSA) is 105 Å². The smallest absolute Gasteiger partial charge is 0.337 e. The molecule has 176 valence electrons. The number of halogens is 1. The van der Waals surface area contributed by atoms with E-state index in [4.69, 9.17) is 0 Å². The molecule has 0 saturated heterocycles. The van der Waals surface area contributed by atoms with Crippen LogP contribution in [0.15, 0.2) is 93.3 Å². The lowest BCUT2D eigenvalue weighted by atomic mass is 10.1. The van der Waals surface area contributed by atoms with Gasteiger partial charge in [0.1, 0.15) is 0 Å². The molecule has 0 atom stereocenters. The van der Waals surface area contributed by atoms with Crippen LogP contribution in [0.3, 0.4) is 0 Å². The molecule has 34 heavy (non-hydrogen) atoms. The van der Waals surface area contributed by atoms with Crippen molar-refractivity contribution in [3.63, 3.8) is 0 Å². The molecule has 0 aliphatic heterocycles. The van der Waals surface area contributed by atoms with Gasteiger partial charge < -0.3 is 4.74 Å². The van der Waals surface area contributed by atoms with E-state index in [2.05, 4.69) is 31.2 Å². The Bertz CT molecular complexity index is 1260. The maximum atomic E-state index is 13.2. The van der Waals surface area contributed by atoms with E-state index >= 15 is 0 Å². The Hall–Kier alpha value is -3.34. The summed E-state index contributed by atoms with van der Waals surface area (Å²) in [6, 6.07) is 21.5. The first kappa shape index (κ1) is 25.3. The van der Waals surface area contributed by atoms with Crippen LogP contribution in [0.4, 0.5) is 0 Å². The van der Waals surface area contributed by atoms with E-state index in [9.17, 15) is 18.0 Å². The van der Waals surface area contributed by atoms with Gasteiger partial charge in [0.05, 0.1) is 30.3 Å². The molecule has 0 unspecified atom stereocenters. The van der Waals surface area contributed by atoms with Crippen LogP contribution in [-0.2, 0) is 26.1 Å². The van der Waals surface area contributed by atoms with Crippen molar-refractivity contribution in [2.24, 2.45) is 5.10 Å². The molecule has 8 nitrogen and oxygen atoms in total. The number of rotatable bonds is 9. The maximum absolute atomic E-state index is 13.2. The van der Waals surface area contributed by atoms with E-state index in [1.807, 2.05) is 0 Å². The number of hydrogen-bond acceptors (Lipinski definition) is 6. The number of carbonyl (C=O) groups is 2. The first-order valence-corrected chi connectivity index (χ1v) is 12.3. The monoisotopic (exact) mass is 543 g/mol. The Labute approximate surface area is 206 Å². The Morgan fingerprint density at radius 2 is 1.65 bits per heavy atom. The highest BCUT2D eigenvalue weighted by molar-refractivity contribution is 9.10. The van der Waals surface area contributed by atoms with Crippen LogP contribution in [0.5, 0.6) is 0 Å². The number of sulfonamides is 1. The Morgan fingerprint density at radius 1 is 1.00 bits per heavy atom. The number of benzene rings is 3. The zero-order chi connectivity index (χ0) is 24.6. The number of nitrogens with one attached hydrogen (secondary N) is 1. The number of hydrogen-bond donors (Lipinski definition) is 1. The van der Waals surface area contributed by atoms with Crippen LogP contribution in [0, 0.1) is 0 Å². The standard InChI is InChI=1S/C24H22BrN3O5S/c1-33-24(30)20-11-7-18(8-12-20)15-26-27-23(29)17-28(16-19-9-13-21(25)14-10-19)34(31,32)22-5-3-2-4-6-22/h2-15H,16-17H2,1H3,(H,27,29)/b26-15-. The number of carbonyl (C=O) groups excluding carboxylic acids is 2. The number of nitrogens with zero attached hydrogens (tertiary/aromatic N) is 2. The minimum Gasteiger partial charge on any atom is -0.465 e. The lowest BCUT2D eigenvalue weighted by Crippen LogP contribution is -2.39. The molecule has 1 N–H and O–H groups in total. The predicted octanol–water partition coefficient (Wildman–Crippen LogP) is 3.58. The van der Waals surface area contributed by atoms with E-state index in [-0.39, 0.29) is 11.4 Å². The quantitative estimate of drug-likeness (QED) is 0.252. The minimum atomic E-state index is -3.93. The van der Waals surface area contributed by atoms with Gasteiger partial charge in [-0.15, -0.1) is 0 Å². The number of esters is 1. The highest BCUT2D eigenvalue weighted by atomic mass is 79.9. The molecule has 0 heterocycles. The second kappa shape index (κ2) is 11.7. The van der Waals surface area contributed by atoms with E-state index < -0.39 is 28.4 Å². The van der Waals surface area contributed by atoms with Crippen molar-refractivity contribution in [3.8, 4) is 0 Å². The van der Waals surface area contributed by atoms with Crippen molar-refractivity contribution < 1.29 is 22.7 Å². The second-order valence-corrected chi connectivity index (χ2v) is 9.97. The van der Waals surface area contributed by atoms with Gasteiger partial charge in [-0.1, -0.05) is 58.4 Å². The molecule has 0 fully saturated rings. The SMILES string of the molecule is COC(=O)c1ccc(/C=N\NC(=O)CN(Cc2ccc(Br)cc2)S(=O)(=O)c2ccccc2)cc1. The number of ether oxygens (including phenoxy) is 1. The minimum absolute atomic E-state index is 0.0105. The summed E-state index contributed by atoms with van der Waals surface area (Å²) in [5.41, 5.74) is 4.10. The van der Waals surface area contributed by atoms with Crippen LogP contribution in [-0.4, -0.2) is 44.5 Å². The van der Waals surface area contributed by atoms with Crippen molar-refractivity contribution in [2.75, 3.05) is 13.7 Å². The molecule has 0 radical (unpaired) electrons. The van der Waals surface area contributed by atoms with Crippen LogP contribution in [0.2, 0.25) is 0 Å². The lowest BCUT2D eigenvalue weighted by molar-refractivity contribution is -0.121. The second-order valence-electron chi connectivity index (χ2n) is 7.12. The van der Waals surface area contributed by atoms with E-state index in [0.717, 1.165) is 14.3 Å². The third-order valence-corrected chi connectivity index (χ3v) is 7.04. The Kier molecular flexibility index (Phi) is 8.69. The highest BCUT2D eigenvalue weighted by Crippen LogP contribution is 2.19. The van der Waals surface area contributed by atoms with Crippen molar-refractivity contribution in [1.29, 1.82) is 0 Å². The first-order chi connectivity index (χ1) is 16.3. The Morgan fingerprint density at radius 3 is 2.26 bits per heavy atom. The summed E-state index contributed by atoms with van der Waals surface area (Å²) in [4.78, 5) is 24.1. The molecule has 3 aromatic rings. The third-order valence-electron chi connectivity index (χ3n) is 4.71. The largest absolute Gasteiger partial charge is 0.465 e. The molecule has 0 aliphatic rings. The maximum Gasteiger partial charge on any atom is 0.337 e. The van der Waals surface area contributed by atoms with Crippen molar-refractivity contribution >= 4 is 44.0 Å². The fourth-order valence-electron chi connectivity index (χ4n) is 2.96. The molecule has 0 saturated carbocycles. The van der Waals surface area contributed by atoms with Gasteiger partial charge in [0.15, 0.2) is 0 Å². The van der Waals surface area contributed by atoms with Gasteiger partial charge in [-0.3, -0.25) is 4.79 Å². The van der Waals surface area contributed by atoms with E-state index in [0.29, 0.717) is 11.1 Å². The van der Waals surface area contributed by atoms with Gasteiger partial charge in [0, 0.05) is 11.0 Å². The average Bonchev–Trinajstić information content (AvgIpc) is 2.85. The first-order valence-electron chi connectivity index (χ1n) is 10.1. The Balaban J connectivity index is 1.72. The van der Waals surface area contributed by atoms with Gasteiger partial charge in [-0.25, -0.2) is 18.6 Å². The summed E-state index contributed by atoms with van der Waals surface area (Å²) in [5.74, 6) is -1.05.